The summed E-state index contributed by atoms with van der Waals surface area (Å²) in [6.45, 7) is 0.509. The Bertz CT molecular complexity index is 378. The molecule has 1 aliphatic heterocycles. The number of hydrogen-bond acceptors (Lipinski definition) is 4. The SMILES string of the molecule is COc1c(F)cc2c(c1CCN)OCO2. The maximum absolute atomic E-state index is 13.5. The van der Waals surface area contributed by atoms with Gasteiger partial charge in [-0.1, -0.05) is 0 Å². The van der Waals surface area contributed by atoms with Crippen molar-refractivity contribution in [3.63, 3.8) is 0 Å². The van der Waals surface area contributed by atoms with E-state index in [4.69, 9.17) is 19.9 Å². The van der Waals surface area contributed by atoms with E-state index in [1.54, 1.807) is 0 Å². The molecule has 0 aromatic heterocycles. The minimum Gasteiger partial charge on any atom is -0.493 e. The van der Waals surface area contributed by atoms with Crippen LogP contribution in [0.4, 0.5) is 4.39 Å². The number of hydrogen-bond donors (Lipinski definition) is 1. The Morgan fingerprint density at radius 2 is 2.33 bits per heavy atom. The number of ether oxygens (including phenoxy) is 3. The molecule has 0 saturated heterocycles. The summed E-state index contributed by atoms with van der Waals surface area (Å²) in [5.74, 6) is 0.686. The summed E-state index contributed by atoms with van der Waals surface area (Å²) in [6.07, 6.45) is 0.493. The van der Waals surface area contributed by atoms with Crippen LogP contribution in [0.2, 0.25) is 0 Å². The summed E-state index contributed by atoms with van der Waals surface area (Å²) < 4.78 is 28.9. The zero-order valence-electron chi connectivity index (χ0n) is 8.38. The minimum absolute atomic E-state index is 0.111. The lowest BCUT2D eigenvalue weighted by Gasteiger charge is -2.11. The fourth-order valence-electron chi connectivity index (χ4n) is 1.65. The fourth-order valence-corrected chi connectivity index (χ4v) is 1.65. The van der Waals surface area contributed by atoms with Crippen molar-refractivity contribution in [2.45, 2.75) is 6.42 Å². The van der Waals surface area contributed by atoms with Gasteiger partial charge in [0.2, 0.25) is 6.79 Å². The van der Waals surface area contributed by atoms with Crippen molar-refractivity contribution in [3.8, 4) is 17.2 Å². The predicted octanol–water partition coefficient (Wildman–Crippen LogP) is 1.06. The standard InChI is InChI=1S/C10H12FNO3/c1-13-9-6(2-3-12)10-8(4-7(9)11)14-5-15-10/h4H,2-3,5,12H2,1H3. The van der Waals surface area contributed by atoms with E-state index in [1.807, 2.05) is 0 Å². The van der Waals surface area contributed by atoms with E-state index in [0.29, 0.717) is 30.0 Å². The van der Waals surface area contributed by atoms with Crippen molar-refractivity contribution in [1.29, 1.82) is 0 Å². The number of benzene rings is 1. The molecule has 0 spiro atoms. The third kappa shape index (κ3) is 1.59. The molecule has 0 bridgehead atoms. The summed E-state index contributed by atoms with van der Waals surface area (Å²) in [6, 6.07) is 1.27. The van der Waals surface area contributed by atoms with E-state index < -0.39 is 5.82 Å². The van der Waals surface area contributed by atoms with E-state index in [1.165, 1.54) is 13.2 Å². The van der Waals surface area contributed by atoms with Crippen molar-refractivity contribution in [1.82, 2.24) is 0 Å². The van der Waals surface area contributed by atoms with Gasteiger partial charge in [-0.25, -0.2) is 4.39 Å². The molecule has 1 aromatic rings. The van der Waals surface area contributed by atoms with Crippen LogP contribution >= 0.6 is 0 Å². The van der Waals surface area contributed by atoms with Gasteiger partial charge in [-0.15, -0.1) is 0 Å². The largest absolute Gasteiger partial charge is 0.493 e. The van der Waals surface area contributed by atoms with Crippen LogP contribution in [0.1, 0.15) is 5.56 Å². The molecule has 0 atom stereocenters. The van der Waals surface area contributed by atoms with E-state index >= 15 is 0 Å². The number of fused-ring (bicyclic) bond motifs is 1. The van der Waals surface area contributed by atoms with Crippen LogP contribution < -0.4 is 19.9 Å². The van der Waals surface area contributed by atoms with E-state index in [0.717, 1.165) is 0 Å². The van der Waals surface area contributed by atoms with Gasteiger partial charge in [-0.05, 0) is 13.0 Å². The highest BCUT2D eigenvalue weighted by atomic mass is 19.1. The van der Waals surface area contributed by atoms with Crippen LogP contribution in [-0.4, -0.2) is 20.4 Å². The van der Waals surface area contributed by atoms with Gasteiger partial charge in [0.25, 0.3) is 0 Å². The Morgan fingerprint density at radius 1 is 1.53 bits per heavy atom. The second kappa shape index (κ2) is 3.94. The zero-order valence-corrected chi connectivity index (χ0v) is 8.38. The highest BCUT2D eigenvalue weighted by molar-refractivity contribution is 5.56. The Balaban J connectivity index is 2.55. The molecule has 0 radical (unpaired) electrons. The van der Waals surface area contributed by atoms with Crippen LogP contribution in [0, 0.1) is 5.82 Å². The number of halogens is 1. The van der Waals surface area contributed by atoms with Crippen LogP contribution in [-0.2, 0) is 6.42 Å². The predicted molar refractivity (Wildman–Crippen MR) is 51.8 cm³/mol. The van der Waals surface area contributed by atoms with Gasteiger partial charge in [0.05, 0.1) is 7.11 Å². The van der Waals surface area contributed by atoms with Crippen LogP contribution in [0.5, 0.6) is 17.2 Å². The average molecular weight is 213 g/mol. The Hall–Kier alpha value is -1.49. The van der Waals surface area contributed by atoms with Gasteiger partial charge in [0.15, 0.2) is 23.1 Å². The number of methoxy groups -OCH3 is 1. The van der Waals surface area contributed by atoms with E-state index in [2.05, 4.69) is 0 Å². The van der Waals surface area contributed by atoms with Crippen molar-refractivity contribution < 1.29 is 18.6 Å². The molecule has 0 unspecified atom stereocenters. The monoisotopic (exact) mass is 213 g/mol. The first-order valence-electron chi connectivity index (χ1n) is 4.63. The second-order valence-corrected chi connectivity index (χ2v) is 3.14. The molecular formula is C10H12FNO3. The third-order valence-electron chi connectivity index (χ3n) is 2.26. The maximum atomic E-state index is 13.5. The summed E-state index contributed by atoms with van der Waals surface area (Å²) >= 11 is 0. The molecule has 82 valence electrons. The lowest BCUT2D eigenvalue weighted by molar-refractivity contribution is 0.173. The third-order valence-corrected chi connectivity index (χ3v) is 2.26. The fraction of sp³-hybridized carbons (Fsp3) is 0.400. The van der Waals surface area contributed by atoms with Gasteiger partial charge in [-0.2, -0.15) is 0 Å². The second-order valence-electron chi connectivity index (χ2n) is 3.14. The molecule has 0 saturated carbocycles. The average Bonchev–Trinajstić information content (AvgIpc) is 2.66. The summed E-state index contributed by atoms with van der Waals surface area (Å²) in [7, 11) is 1.42. The van der Waals surface area contributed by atoms with Gasteiger partial charge < -0.3 is 19.9 Å². The number of nitrogens with two attached hydrogens (primary N) is 1. The zero-order chi connectivity index (χ0) is 10.8. The quantitative estimate of drug-likeness (QED) is 0.815. The highest BCUT2D eigenvalue weighted by Gasteiger charge is 2.24. The van der Waals surface area contributed by atoms with Gasteiger partial charge in [-0.3, -0.25) is 0 Å². The molecule has 5 heteroatoms. The Labute approximate surface area is 86.7 Å². The molecule has 2 N–H and O–H groups in total. The molecular weight excluding hydrogens is 201 g/mol. The minimum atomic E-state index is -0.454. The molecule has 1 aromatic carbocycles. The Morgan fingerprint density at radius 3 is 3.00 bits per heavy atom. The van der Waals surface area contributed by atoms with Gasteiger partial charge in [0, 0.05) is 11.6 Å². The first-order chi connectivity index (χ1) is 7.27. The molecule has 15 heavy (non-hydrogen) atoms. The van der Waals surface area contributed by atoms with Crippen LogP contribution in [0.15, 0.2) is 6.07 Å². The number of rotatable bonds is 3. The molecule has 0 fully saturated rings. The topological polar surface area (TPSA) is 53.7 Å². The summed E-state index contributed by atoms with van der Waals surface area (Å²) in [5, 5.41) is 0. The lowest BCUT2D eigenvalue weighted by Crippen LogP contribution is -2.06. The van der Waals surface area contributed by atoms with Crippen molar-refractivity contribution in [2.75, 3.05) is 20.4 Å². The van der Waals surface area contributed by atoms with Crippen molar-refractivity contribution >= 4 is 0 Å². The molecule has 0 aliphatic carbocycles. The van der Waals surface area contributed by atoms with Crippen LogP contribution in [0.25, 0.3) is 0 Å². The van der Waals surface area contributed by atoms with Crippen LogP contribution in [0.3, 0.4) is 0 Å². The van der Waals surface area contributed by atoms with E-state index in [-0.39, 0.29) is 12.5 Å². The molecule has 2 rings (SSSR count). The molecule has 0 amide bonds. The summed E-state index contributed by atoms with van der Waals surface area (Å²) in [5.41, 5.74) is 6.09. The normalized spacial score (nSPS) is 13.0. The van der Waals surface area contributed by atoms with Gasteiger partial charge >= 0.3 is 0 Å². The maximum Gasteiger partial charge on any atom is 0.231 e. The summed E-state index contributed by atoms with van der Waals surface area (Å²) in [4.78, 5) is 0. The molecule has 1 heterocycles. The molecule has 4 nitrogen and oxygen atoms in total. The smallest absolute Gasteiger partial charge is 0.231 e. The first-order valence-corrected chi connectivity index (χ1v) is 4.63. The first kappa shape index (κ1) is 10.0. The van der Waals surface area contributed by atoms with Crippen molar-refractivity contribution in [2.24, 2.45) is 5.73 Å². The molecule has 1 aliphatic rings. The lowest BCUT2D eigenvalue weighted by atomic mass is 10.1. The highest BCUT2D eigenvalue weighted by Crippen LogP contribution is 2.42. The van der Waals surface area contributed by atoms with Crippen molar-refractivity contribution in [3.05, 3.63) is 17.4 Å². The van der Waals surface area contributed by atoms with Gasteiger partial charge in [0.1, 0.15) is 0 Å². The van der Waals surface area contributed by atoms with E-state index in [9.17, 15) is 4.39 Å². The Kier molecular flexibility index (Phi) is 2.64.